The van der Waals surface area contributed by atoms with Crippen molar-refractivity contribution in [2.45, 2.75) is 11.4 Å². The van der Waals surface area contributed by atoms with E-state index in [2.05, 4.69) is 26.0 Å². The van der Waals surface area contributed by atoms with E-state index in [1.165, 1.54) is 7.05 Å². The molecule has 4 nitrogen and oxygen atoms in total. The minimum Gasteiger partial charge on any atom is -0.381 e. The summed E-state index contributed by atoms with van der Waals surface area (Å²) in [5, 5.41) is 3.25. The molecule has 2 N–H and O–H groups in total. The third-order valence-electron chi connectivity index (χ3n) is 2.87. The van der Waals surface area contributed by atoms with Crippen molar-refractivity contribution in [2.75, 3.05) is 12.4 Å². The van der Waals surface area contributed by atoms with Crippen LogP contribution in [0.3, 0.4) is 0 Å². The normalized spacial score (nSPS) is 11.3. The molecule has 20 heavy (non-hydrogen) atoms. The van der Waals surface area contributed by atoms with Crippen molar-refractivity contribution in [3.8, 4) is 0 Å². The van der Waals surface area contributed by atoms with Gasteiger partial charge in [0.2, 0.25) is 10.0 Å². The van der Waals surface area contributed by atoms with Gasteiger partial charge in [-0.25, -0.2) is 13.1 Å². The molecule has 0 atom stereocenters. The molecule has 0 unspecified atom stereocenters. The van der Waals surface area contributed by atoms with Crippen LogP contribution < -0.4 is 10.0 Å². The lowest BCUT2D eigenvalue weighted by Crippen LogP contribution is -2.18. The van der Waals surface area contributed by atoms with Gasteiger partial charge in [-0.05, 0) is 42.9 Å². The van der Waals surface area contributed by atoms with Crippen LogP contribution in [0.15, 0.2) is 57.9 Å². The number of rotatable bonds is 5. The number of hydrogen-bond acceptors (Lipinski definition) is 3. The molecule has 0 saturated carbocycles. The van der Waals surface area contributed by atoms with E-state index >= 15 is 0 Å². The molecule has 0 bridgehead atoms. The number of anilines is 1. The Morgan fingerprint density at radius 2 is 1.70 bits per heavy atom. The second kappa shape index (κ2) is 6.39. The monoisotopic (exact) mass is 354 g/mol. The predicted molar refractivity (Wildman–Crippen MR) is 84.2 cm³/mol. The maximum Gasteiger partial charge on any atom is 0.240 e. The van der Waals surface area contributed by atoms with Crippen LogP contribution in [-0.4, -0.2) is 15.5 Å². The highest BCUT2D eigenvalue weighted by Gasteiger charge is 2.10. The first-order valence-corrected chi connectivity index (χ1v) is 8.31. The van der Waals surface area contributed by atoms with E-state index in [1.807, 2.05) is 24.3 Å². The molecule has 0 aliphatic rings. The second-order valence-electron chi connectivity index (χ2n) is 4.18. The Balaban J connectivity index is 2.07. The fraction of sp³-hybridized carbons (Fsp3) is 0.143. The minimum absolute atomic E-state index is 0.256. The van der Waals surface area contributed by atoms with Gasteiger partial charge in [0, 0.05) is 16.7 Å². The molecular formula is C14H15BrN2O2S. The lowest BCUT2D eigenvalue weighted by atomic mass is 10.2. The van der Waals surface area contributed by atoms with E-state index in [-0.39, 0.29) is 4.90 Å². The highest BCUT2D eigenvalue weighted by atomic mass is 79.9. The van der Waals surface area contributed by atoms with Crippen LogP contribution >= 0.6 is 15.9 Å². The van der Waals surface area contributed by atoms with E-state index in [0.717, 1.165) is 15.7 Å². The quantitative estimate of drug-likeness (QED) is 0.867. The van der Waals surface area contributed by atoms with Gasteiger partial charge in [0.25, 0.3) is 0 Å². The summed E-state index contributed by atoms with van der Waals surface area (Å²) in [6.07, 6.45) is 0. The van der Waals surface area contributed by atoms with Gasteiger partial charge < -0.3 is 5.32 Å². The Labute approximate surface area is 127 Å². The summed E-state index contributed by atoms with van der Waals surface area (Å²) in [6, 6.07) is 14.6. The SMILES string of the molecule is CNS(=O)(=O)c1ccc(NCc2ccccc2Br)cc1. The highest BCUT2D eigenvalue weighted by Crippen LogP contribution is 2.18. The van der Waals surface area contributed by atoms with Crippen molar-refractivity contribution in [1.29, 1.82) is 0 Å². The zero-order chi connectivity index (χ0) is 14.6. The zero-order valence-electron chi connectivity index (χ0n) is 10.9. The van der Waals surface area contributed by atoms with Crippen LogP contribution in [0.1, 0.15) is 5.56 Å². The fourth-order valence-corrected chi connectivity index (χ4v) is 2.86. The first-order chi connectivity index (χ1) is 9.53. The summed E-state index contributed by atoms with van der Waals surface area (Å²) in [6.45, 7) is 0.666. The highest BCUT2D eigenvalue weighted by molar-refractivity contribution is 9.10. The number of sulfonamides is 1. The lowest BCUT2D eigenvalue weighted by molar-refractivity contribution is 0.588. The van der Waals surface area contributed by atoms with Gasteiger partial charge in [-0.15, -0.1) is 0 Å². The Hall–Kier alpha value is -1.37. The molecule has 2 aromatic rings. The van der Waals surface area contributed by atoms with Crippen molar-refractivity contribution < 1.29 is 8.42 Å². The largest absolute Gasteiger partial charge is 0.381 e. The number of benzene rings is 2. The van der Waals surface area contributed by atoms with E-state index in [9.17, 15) is 8.42 Å². The van der Waals surface area contributed by atoms with Crippen LogP contribution in [0, 0.1) is 0 Å². The molecule has 2 aromatic carbocycles. The maximum atomic E-state index is 11.6. The van der Waals surface area contributed by atoms with Crippen LogP contribution in [0.4, 0.5) is 5.69 Å². The van der Waals surface area contributed by atoms with Crippen molar-refractivity contribution in [3.05, 3.63) is 58.6 Å². The summed E-state index contributed by atoms with van der Waals surface area (Å²) in [5.41, 5.74) is 2.01. The Morgan fingerprint density at radius 3 is 2.30 bits per heavy atom. The summed E-state index contributed by atoms with van der Waals surface area (Å²) < 4.78 is 26.5. The van der Waals surface area contributed by atoms with Gasteiger partial charge >= 0.3 is 0 Å². The fourth-order valence-electron chi connectivity index (χ4n) is 1.71. The van der Waals surface area contributed by atoms with Crippen LogP contribution in [0.5, 0.6) is 0 Å². The molecule has 0 aliphatic heterocycles. The molecule has 2 rings (SSSR count). The molecular weight excluding hydrogens is 340 g/mol. The molecule has 0 radical (unpaired) electrons. The average molecular weight is 355 g/mol. The van der Waals surface area contributed by atoms with Crippen LogP contribution in [0.25, 0.3) is 0 Å². The number of hydrogen-bond donors (Lipinski definition) is 2. The van der Waals surface area contributed by atoms with E-state index in [0.29, 0.717) is 6.54 Å². The topological polar surface area (TPSA) is 58.2 Å². The molecule has 0 aromatic heterocycles. The predicted octanol–water partition coefficient (Wildman–Crippen LogP) is 2.97. The third-order valence-corrected chi connectivity index (χ3v) is 5.08. The van der Waals surface area contributed by atoms with Gasteiger partial charge in [-0.1, -0.05) is 34.1 Å². The van der Waals surface area contributed by atoms with E-state index in [1.54, 1.807) is 24.3 Å². The van der Waals surface area contributed by atoms with Gasteiger partial charge in [0.1, 0.15) is 0 Å². The van der Waals surface area contributed by atoms with Gasteiger partial charge in [-0.3, -0.25) is 0 Å². The van der Waals surface area contributed by atoms with Crippen LogP contribution in [-0.2, 0) is 16.6 Å². The number of halogens is 1. The molecule has 106 valence electrons. The Bertz CT molecular complexity index is 685. The van der Waals surface area contributed by atoms with Crippen molar-refractivity contribution in [1.82, 2.24) is 4.72 Å². The molecule has 0 spiro atoms. The van der Waals surface area contributed by atoms with E-state index < -0.39 is 10.0 Å². The molecule has 0 aliphatic carbocycles. The molecule has 6 heteroatoms. The number of nitrogens with one attached hydrogen (secondary N) is 2. The smallest absolute Gasteiger partial charge is 0.240 e. The zero-order valence-corrected chi connectivity index (χ0v) is 13.3. The maximum absolute atomic E-state index is 11.6. The molecule has 0 fully saturated rings. The summed E-state index contributed by atoms with van der Waals surface area (Å²) in [5.74, 6) is 0. The van der Waals surface area contributed by atoms with Gasteiger partial charge in [-0.2, -0.15) is 0 Å². The van der Waals surface area contributed by atoms with Gasteiger partial charge in [0.05, 0.1) is 4.90 Å². The molecule has 0 saturated heterocycles. The molecule has 0 heterocycles. The van der Waals surface area contributed by atoms with Crippen molar-refractivity contribution >= 4 is 31.6 Å². The van der Waals surface area contributed by atoms with Crippen molar-refractivity contribution in [3.63, 3.8) is 0 Å². The standard InChI is InChI=1S/C14H15BrN2O2S/c1-16-20(18,19)13-8-6-12(7-9-13)17-10-11-4-2-3-5-14(11)15/h2-9,16-17H,10H2,1H3. The second-order valence-corrected chi connectivity index (χ2v) is 6.92. The average Bonchev–Trinajstić information content (AvgIpc) is 2.47. The van der Waals surface area contributed by atoms with E-state index in [4.69, 9.17) is 0 Å². The Morgan fingerprint density at radius 1 is 1.05 bits per heavy atom. The summed E-state index contributed by atoms with van der Waals surface area (Å²) >= 11 is 3.49. The lowest BCUT2D eigenvalue weighted by Gasteiger charge is -2.09. The minimum atomic E-state index is -3.37. The van der Waals surface area contributed by atoms with Crippen LogP contribution in [0.2, 0.25) is 0 Å². The molecule has 0 amide bonds. The third kappa shape index (κ3) is 3.59. The van der Waals surface area contributed by atoms with Gasteiger partial charge in [0.15, 0.2) is 0 Å². The first kappa shape index (κ1) is 15.0. The van der Waals surface area contributed by atoms with Crippen molar-refractivity contribution in [2.24, 2.45) is 0 Å². The summed E-state index contributed by atoms with van der Waals surface area (Å²) in [4.78, 5) is 0.256. The first-order valence-electron chi connectivity index (χ1n) is 6.04. The Kier molecular flexibility index (Phi) is 4.80. The summed E-state index contributed by atoms with van der Waals surface area (Å²) in [7, 11) is -1.98.